The summed E-state index contributed by atoms with van der Waals surface area (Å²) >= 11 is 0. The first-order chi connectivity index (χ1) is 10.1. The Hall–Kier alpha value is -2.34. The maximum Gasteiger partial charge on any atom is 0.259 e. The number of hydrogen-bond acceptors (Lipinski definition) is 4. The molecule has 0 bridgehead atoms. The van der Waals surface area contributed by atoms with Crippen LogP contribution in [0.4, 0.5) is 5.69 Å². The van der Waals surface area contributed by atoms with E-state index in [4.69, 9.17) is 10.5 Å². The van der Waals surface area contributed by atoms with Crippen molar-refractivity contribution < 1.29 is 9.53 Å². The number of carbonyl (C=O) groups is 1. The second-order valence-electron chi connectivity index (χ2n) is 4.64. The number of nitrogens with zero attached hydrogens (tertiary/aromatic N) is 2. The molecule has 0 aliphatic heterocycles. The minimum atomic E-state index is -0.170. The average molecular weight is 288 g/mol. The van der Waals surface area contributed by atoms with Gasteiger partial charge >= 0.3 is 0 Å². The lowest BCUT2D eigenvalue weighted by molar-refractivity contribution is 0.102. The molecule has 1 heterocycles. The molecule has 0 radical (unpaired) electrons. The van der Waals surface area contributed by atoms with Gasteiger partial charge in [-0.3, -0.25) is 9.48 Å². The molecule has 0 saturated carbocycles. The minimum absolute atomic E-state index is 0.170. The topological polar surface area (TPSA) is 82.2 Å². The van der Waals surface area contributed by atoms with E-state index in [1.807, 2.05) is 25.1 Å². The Morgan fingerprint density at radius 3 is 3.00 bits per heavy atom. The molecule has 0 fully saturated rings. The molecular formula is C15H20N4O2. The molecule has 0 atom stereocenters. The largest absolute Gasteiger partial charge is 0.492 e. The second kappa shape index (κ2) is 6.90. The van der Waals surface area contributed by atoms with Crippen LogP contribution in [0, 0.1) is 0 Å². The number of rotatable bonds is 6. The van der Waals surface area contributed by atoms with Crippen molar-refractivity contribution in [3.8, 4) is 5.75 Å². The fourth-order valence-electron chi connectivity index (χ4n) is 2.02. The molecule has 2 aromatic rings. The Balaban J connectivity index is 2.11. The van der Waals surface area contributed by atoms with Gasteiger partial charge in [0.2, 0.25) is 0 Å². The van der Waals surface area contributed by atoms with Gasteiger partial charge in [0.05, 0.1) is 11.3 Å². The van der Waals surface area contributed by atoms with Crippen LogP contribution in [0.5, 0.6) is 5.75 Å². The number of hydrogen-bond donors (Lipinski definition) is 2. The van der Waals surface area contributed by atoms with Gasteiger partial charge in [-0.05, 0) is 18.6 Å². The van der Waals surface area contributed by atoms with Crippen LogP contribution in [0.2, 0.25) is 0 Å². The van der Waals surface area contributed by atoms with Crippen LogP contribution >= 0.6 is 0 Å². The van der Waals surface area contributed by atoms with Crippen LogP contribution < -0.4 is 15.8 Å². The van der Waals surface area contributed by atoms with Crippen LogP contribution in [0.1, 0.15) is 23.0 Å². The first kappa shape index (κ1) is 15.1. The van der Waals surface area contributed by atoms with E-state index in [0.29, 0.717) is 36.6 Å². The number of anilines is 1. The Labute approximate surface area is 123 Å². The van der Waals surface area contributed by atoms with Gasteiger partial charge in [-0.2, -0.15) is 5.10 Å². The van der Waals surface area contributed by atoms with Gasteiger partial charge in [-0.15, -0.1) is 0 Å². The normalized spacial score (nSPS) is 10.4. The lowest BCUT2D eigenvalue weighted by atomic mass is 10.2. The number of nitrogens with one attached hydrogen (secondary N) is 1. The van der Waals surface area contributed by atoms with Gasteiger partial charge in [0, 0.05) is 31.5 Å². The summed E-state index contributed by atoms with van der Waals surface area (Å²) in [7, 11) is 1.80. The quantitative estimate of drug-likeness (QED) is 0.845. The first-order valence-corrected chi connectivity index (χ1v) is 6.90. The number of aromatic nitrogens is 2. The summed E-state index contributed by atoms with van der Waals surface area (Å²) < 4.78 is 7.09. The van der Waals surface area contributed by atoms with Crippen molar-refractivity contribution >= 4 is 11.6 Å². The summed E-state index contributed by atoms with van der Waals surface area (Å²) in [6, 6.07) is 7.24. The van der Waals surface area contributed by atoms with Crippen LogP contribution in [0.25, 0.3) is 0 Å². The highest BCUT2D eigenvalue weighted by Crippen LogP contribution is 2.18. The van der Waals surface area contributed by atoms with Crippen molar-refractivity contribution in [1.29, 1.82) is 0 Å². The summed E-state index contributed by atoms with van der Waals surface area (Å²) in [6.45, 7) is 2.87. The Bertz CT molecular complexity index is 622. The molecule has 21 heavy (non-hydrogen) atoms. The van der Waals surface area contributed by atoms with Crippen molar-refractivity contribution in [2.24, 2.45) is 12.8 Å². The zero-order valence-electron chi connectivity index (χ0n) is 12.3. The number of nitrogens with two attached hydrogens (primary N) is 1. The highest BCUT2D eigenvalue weighted by Gasteiger charge is 2.14. The van der Waals surface area contributed by atoms with E-state index in [9.17, 15) is 4.79 Å². The van der Waals surface area contributed by atoms with Crippen molar-refractivity contribution in [2.45, 2.75) is 13.3 Å². The molecule has 6 heteroatoms. The monoisotopic (exact) mass is 288 g/mol. The lowest BCUT2D eigenvalue weighted by Gasteiger charge is -2.08. The van der Waals surface area contributed by atoms with E-state index in [1.54, 1.807) is 24.0 Å². The molecule has 0 aliphatic carbocycles. The van der Waals surface area contributed by atoms with Gasteiger partial charge in [0.15, 0.2) is 0 Å². The number of benzene rings is 1. The predicted molar refractivity (Wildman–Crippen MR) is 81.5 cm³/mol. The molecular weight excluding hydrogens is 268 g/mol. The zero-order chi connectivity index (χ0) is 15.2. The summed E-state index contributed by atoms with van der Waals surface area (Å²) in [6.07, 6.45) is 2.44. The molecule has 0 aliphatic rings. The molecule has 3 N–H and O–H groups in total. The van der Waals surface area contributed by atoms with E-state index in [-0.39, 0.29) is 5.91 Å². The first-order valence-electron chi connectivity index (χ1n) is 6.90. The minimum Gasteiger partial charge on any atom is -0.492 e. The van der Waals surface area contributed by atoms with Crippen LogP contribution in [-0.2, 0) is 13.5 Å². The van der Waals surface area contributed by atoms with Crippen molar-refractivity contribution in [3.05, 3.63) is 41.7 Å². The molecule has 0 unspecified atom stereocenters. The second-order valence-corrected chi connectivity index (χ2v) is 4.64. The third-order valence-corrected chi connectivity index (χ3v) is 2.96. The molecule has 1 amide bonds. The molecule has 0 spiro atoms. The molecule has 2 rings (SSSR count). The fourth-order valence-corrected chi connectivity index (χ4v) is 2.02. The van der Waals surface area contributed by atoms with Crippen LogP contribution in [0.15, 0.2) is 30.5 Å². The number of ether oxygens (including phenoxy) is 1. The summed E-state index contributed by atoms with van der Waals surface area (Å²) in [5.41, 5.74) is 7.46. The maximum atomic E-state index is 12.3. The predicted octanol–water partition coefficient (Wildman–Crippen LogP) is 1.57. The standard InChI is InChI=1S/C15H20N4O2/c1-3-14-13(10-19(2)18-14)15(20)17-11-5-4-6-12(9-11)21-8-7-16/h4-6,9-10H,3,7-8,16H2,1-2H3,(H,17,20). The van der Waals surface area contributed by atoms with Gasteiger partial charge < -0.3 is 15.8 Å². The summed E-state index contributed by atoms with van der Waals surface area (Å²) in [5.74, 6) is 0.510. The van der Waals surface area contributed by atoms with Gasteiger partial charge in [0.1, 0.15) is 12.4 Å². The number of aryl methyl sites for hydroxylation is 2. The summed E-state index contributed by atoms with van der Waals surface area (Å²) in [4.78, 5) is 12.3. The van der Waals surface area contributed by atoms with Gasteiger partial charge in [-0.25, -0.2) is 0 Å². The Morgan fingerprint density at radius 1 is 1.48 bits per heavy atom. The number of carbonyl (C=O) groups excluding carboxylic acids is 1. The molecule has 112 valence electrons. The van der Waals surface area contributed by atoms with Gasteiger partial charge in [0.25, 0.3) is 5.91 Å². The van der Waals surface area contributed by atoms with Crippen LogP contribution in [-0.4, -0.2) is 28.8 Å². The van der Waals surface area contributed by atoms with Crippen molar-refractivity contribution in [1.82, 2.24) is 9.78 Å². The Morgan fingerprint density at radius 2 is 2.29 bits per heavy atom. The SMILES string of the molecule is CCc1nn(C)cc1C(=O)Nc1cccc(OCCN)c1. The highest BCUT2D eigenvalue weighted by atomic mass is 16.5. The van der Waals surface area contributed by atoms with E-state index in [1.165, 1.54) is 0 Å². The highest BCUT2D eigenvalue weighted by molar-refractivity contribution is 6.05. The third-order valence-electron chi connectivity index (χ3n) is 2.96. The molecule has 0 saturated heterocycles. The number of amides is 1. The van der Waals surface area contributed by atoms with E-state index < -0.39 is 0 Å². The molecule has 1 aromatic carbocycles. The summed E-state index contributed by atoms with van der Waals surface area (Å²) in [5, 5.41) is 7.13. The fraction of sp³-hybridized carbons (Fsp3) is 0.333. The van der Waals surface area contributed by atoms with E-state index in [0.717, 1.165) is 5.69 Å². The van der Waals surface area contributed by atoms with Crippen LogP contribution in [0.3, 0.4) is 0 Å². The smallest absolute Gasteiger partial charge is 0.259 e. The Kier molecular flexibility index (Phi) is 4.94. The molecule has 6 nitrogen and oxygen atoms in total. The maximum absolute atomic E-state index is 12.3. The van der Waals surface area contributed by atoms with Crippen molar-refractivity contribution in [2.75, 3.05) is 18.5 Å². The zero-order valence-corrected chi connectivity index (χ0v) is 12.3. The lowest BCUT2D eigenvalue weighted by Crippen LogP contribution is -2.13. The van der Waals surface area contributed by atoms with Crippen molar-refractivity contribution in [3.63, 3.8) is 0 Å². The molecule has 1 aromatic heterocycles. The third kappa shape index (κ3) is 3.82. The van der Waals surface area contributed by atoms with E-state index in [2.05, 4.69) is 10.4 Å². The van der Waals surface area contributed by atoms with E-state index >= 15 is 0 Å². The average Bonchev–Trinajstić information content (AvgIpc) is 2.87. The van der Waals surface area contributed by atoms with Gasteiger partial charge in [-0.1, -0.05) is 13.0 Å².